The number of piperidine rings is 1. The molecule has 1 N–H and O–H groups in total. The predicted octanol–water partition coefficient (Wildman–Crippen LogP) is 4.48. The summed E-state index contributed by atoms with van der Waals surface area (Å²) in [6.07, 6.45) is 7.78. The topological polar surface area (TPSA) is 54.5 Å². The van der Waals surface area contributed by atoms with E-state index < -0.39 is 0 Å². The van der Waals surface area contributed by atoms with Gasteiger partial charge in [0, 0.05) is 25.0 Å². The van der Waals surface area contributed by atoms with Gasteiger partial charge in [0.15, 0.2) is 0 Å². The molecule has 1 aromatic heterocycles. The monoisotopic (exact) mass is 357 g/mol. The summed E-state index contributed by atoms with van der Waals surface area (Å²) in [5, 5.41) is 2.98. The number of nitrogens with one attached hydrogen (secondary N) is 1. The number of amides is 2. The molecule has 1 atom stereocenters. The molecule has 1 aliphatic heterocycles. The predicted molar refractivity (Wildman–Crippen MR) is 102 cm³/mol. The minimum absolute atomic E-state index is 0.0215. The number of benzene rings is 1. The van der Waals surface area contributed by atoms with E-state index in [0.29, 0.717) is 17.4 Å². The Morgan fingerprint density at radius 2 is 2.16 bits per heavy atom. The first kappa shape index (κ1) is 17.6. The molecule has 0 spiro atoms. The highest BCUT2D eigenvalue weighted by atomic mass is 32.2. The number of anilines is 1. The molecule has 0 saturated carbocycles. The zero-order chi connectivity index (χ0) is 17.5. The van der Waals surface area contributed by atoms with Gasteiger partial charge in [0.05, 0.1) is 6.20 Å². The van der Waals surface area contributed by atoms with Crippen molar-refractivity contribution in [2.75, 3.05) is 30.4 Å². The second kappa shape index (κ2) is 8.76. The van der Waals surface area contributed by atoms with Gasteiger partial charge in [0.1, 0.15) is 11.5 Å². The maximum absolute atomic E-state index is 12.5. The molecule has 132 valence electrons. The summed E-state index contributed by atoms with van der Waals surface area (Å²) in [5.41, 5.74) is 0.774. The second-order valence-corrected chi connectivity index (χ2v) is 7.07. The molecule has 25 heavy (non-hydrogen) atoms. The number of hydrogen-bond donors (Lipinski definition) is 1. The largest absolute Gasteiger partial charge is 0.456 e. The number of aromatic nitrogens is 1. The SMILES string of the molecule is CSC[C@H]1CCCN(C(=O)Nc2ccc(Oc3cccnc3)cc2)C1. The first-order valence-electron chi connectivity index (χ1n) is 8.47. The molecule has 1 aliphatic rings. The van der Waals surface area contributed by atoms with Gasteiger partial charge in [0.25, 0.3) is 0 Å². The van der Waals surface area contributed by atoms with Crippen LogP contribution in [0.3, 0.4) is 0 Å². The summed E-state index contributed by atoms with van der Waals surface area (Å²) in [4.78, 5) is 18.4. The highest BCUT2D eigenvalue weighted by Crippen LogP contribution is 2.23. The molecule has 2 heterocycles. The average molecular weight is 357 g/mol. The van der Waals surface area contributed by atoms with E-state index in [4.69, 9.17) is 4.74 Å². The maximum atomic E-state index is 12.5. The minimum Gasteiger partial charge on any atom is -0.456 e. The Bertz CT molecular complexity index is 677. The first-order valence-corrected chi connectivity index (χ1v) is 9.87. The number of likely N-dealkylation sites (tertiary alicyclic amines) is 1. The Morgan fingerprint density at radius 3 is 2.88 bits per heavy atom. The van der Waals surface area contributed by atoms with E-state index in [1.54, 1.807) is 12.4 Å². The van der Waals surface area contributed by atoms with Crippen LogP contribution in [0, 0.1) is 5.92 Å². The molecule has 5 nitrogen and oxygen atoms in total. The normalized spacial score (nSPS) is 17.2. The molecule has 1 saturated heterocycles. The van der Waals surface area contributed by atoms with Gasteiger partial charge in [-0.3, -0.25) is 4.98 Å². The van der Waals surface area contributed by atoms with Crippen LogP contribution in [0.15, 0.2) is 48.8 Å². The Morgan fingerprint density at radius 1 is 1.32 bits per heavy atom. The number of rotatable bonds is 5. The van der Waals surface area contributed by atoms with Crippen LogP contribution in [-0.4, -0.2) is 41.0 Å². The highest BCUT2D eigenvalue weighted by Gasteiger charge is 2.23. The number of urea groups is 1. The zero-order valence-corrected chi connectivity index (χ0v) is 15.2. The number of carbonyl (C=O) groups excluding carboxylic acids is 1. The molecule has 2 amide bonds. The first-order chi connectivity index (χ1) is 12.2. The van der Waals surface area contributed by atoms with Crippen LogP contribution in [0.25, 0.3) is 0 Å². The molecule has 0 unspecified atom stereocenters. The summed E-state index contributed by atoms with van der Waals surface area (Å²) in [6, 6.07) is 11.0. The zero-order valence-electron chi connectivity index (χ0n) is 14.4. The van der Waals surface area contributed by atoms with E-state index in [1.807, 2.05) is 53.1 Å². The van der Waals surface area contributed by atoms with Gasteiger partial charge >= 0.3 is 6.03 Å². The standard InChI is InChI=1S/C19H23N3O2S/c1-25-14-15-4-3-11-22(13-15)19(23)21-16-6-8-17(9-7-16)24-18-5-2-10-20-12-18/h2,5-10,12,15H,3-4,11,13-14H2,1H3,(H,21,23)/t15-/m0/s1. The van der Waals surface area contributed by atoms with E-state index in [2.05, 4.69) is 16.6 Å². The smallest absolute Gasteiger partial charge is 0.321 e. The van der Waals surface area contributed by atoms with E-state index in [-0.39, 0.29) is 6.03 Å². The molecule has 0 aliphatic carbocycles. The van der Waals surface area contributed by atoms with Crippen molar-refractivity contribution in [3.63, 3.8) is 0 Å². The number of hydrogen-bond acceptors (Lipinski definition) is 4. The van der Waals surface area contributed by atoms with E-state index in [1.165, 1.54) is 6.42 Å². The maximum Gasteiger partial charge on any atom is 0.321 e. The van der Waals surface area contributed by atoms with Gasteiger partial charge in [0.2, 0.25) is 0 Å². The van der Waals surface area contributed by atoms with Crippen LogP contribution >= 0.6 is 11.8 Å². The molecule has 0 radical (unpaired) electrons. The highest BCUT2D eigenvalue weighted by molar-refractivity contribution is 7.98. The van der Waals surface area contributed by atoms with Crippen LogP contribution in [0.4, 0.5) is 10.5 Å². The lowest BCUT2D eigenvalue weighted by Crippen LogP contribution is -2.42. The quantitative estimate of drug-likeness (QED) is 0.857. The summed E-state index contributed by atoms with van der Waals surface area (Å²) >= 11 is 1.85. The number of carbonyl (C=O) groups is 1. The molecule has 1 aromatic carbocycles. The third-order valence-corrected chi connectivity index (χ3v) is 4.99. The minimum atomic E-state index is -0.0215. The van der Waals surface area contributed by atoms with Crippen molar-refractivity contribution in [1.82, 2.24) is 9.88 Å². The fraction of sp³-hybridized carbons (Fsp3) is 0.368. The van der Waals surface area contributed by atoms with Crippen LogP contribution in [0.2, 0.25) is 0 Å². The van der Waals surface area contributed by atoms with Crippen molar-refractivity contribution in [2.24, 2.45) is 5.92 Å². The molecular formula is C19H23N3O2S. The van der Waals surface area contributed by atoms with E-state index in [0.717, 1.165) is 31.0 Å². The van der Waals surface area contributed by atoms with Crippen molar-refractivity contribution in [1.29, 1.82) is 0 Å². The number of ether oxygens (including phenoxy) is 1. The van der Waals surface area contributed by atoms with Gasteiger partial charge in [-0.1, -0.05) is 0 Å². The number of nitrogens with zero attached hydrogens (tertiary/aromatic N) is 2. The van der Waals surface area contributed by atoms with Crippen molar-refractivity contribution in [2.45, 2.75) is 12.8 Å². The Labute approximate surface area is 152 Å². The van der Waals surface area contributed by atoms with E-state index >= 15 is 0 Å². The van der Waals surface area contributed by atoms with Crippen molar-refractivity contribution in [3.05, 3.63) is 48.8 Å². The molecule has 0 bridgehead atoms. The lowest BCUT2D eigenvalue weighted by molar-refractivity contribution is 0.183. The second-order valence-electron chi connectivity index (χ2n) is 6.15. The van der Waals surface area contributed by atoms with Crippen LogP contribution in [0.1, 0.15) is 12.8 Å². The lowest BCUT2D eigenvalue weighted by Gasteiger charge is -2.32. The van der Waals surface area contributed by atoms with Crippen LogP contribution in [-0.2, 0) is 0 Å². The van der Waals surface area contributed by atoms with Crippen molar-refractivity contribution >= 4 is 23.5 Å². The summed E-state index contributed by atoms with van der Waals surface area (Å²) in [6.45, 7) is 1.67. The van der Waals surface area contributed by atoms with Gasteiger partial charge in [-0.2, -0.15) is 11.8 Å². The van der Waals surface area contributed by atoms with Gasteiger partial charge in [-0.05, 0) is 67.2 Å². The van der Waals surface area contributed by atoms with Gasteiger partial charge in [-0.15, -0.1) is 0 Å². The molecule has 3 rings (SSSR count). The Hall–Kier alpha value is -2.21. The van der Waals surface area contributed by atoms with Crippen LogP contribution in [0.5, 0.6) is 11.5 Å². The van der Waals surface area contributed by atoms with Gasteiger partial charge < -0.3 is 15.0 Å². The summed E-state index contributed by atoms with van der Waals surface area (Å²) in [7, 11) is 0. The fourth-order valence-electron chi connectivity index (χ4n) is 2.97. The van der Waals surface area contributed by atoms with Crippen molar-refractivity contribution in [3.8, 4) is 11.5 Å². The summed E-state index contributed by atoms with van der Waals surface area (Å²) in [5.74, 6) is 3.12. The molecular weight excluding hydrogens is 334 g/mol. The molecule has 1 fully saturated rings. The lowest BCUT2D eigenvalue weighted by atomic mass is 10.0. The van der Waals surface area contributed by atoms with Crippen molar-refractivity contribution < 1.29 is 9.53 Å². The van der Waals surface area contributed by atoms with Crippen LogP contribution < -0.4 is 10.1 Å². The Balaban J connectivity index is 1.55. The average Bonchev–Trinajstić information content (AvgIpc) is 2.65. The Kier molecular flexibility index (Phi) is 6.17. The number of pyridine rings is 1. The molecule has 2 aromatic rings. The third-order valence-electron chi connectivity index (χ3n) is 4.18. The summed E-state index contributed by atoms with van der Waals surface area (Å²) < 4.78 is 5.71. The van der Waals surface area contributed by atoms with E-state index in [9.17, 15) is 4.79 Å². The fourth-order valence-corrected chi connectivity index (χ4v) is 3.72. The number of thioether (sulfide) groups is 1. The third kappa shape index (κ3) is 5.13. The van der Waals surface area contributed by atoms with Gasteiger partial charge in [-0.25, -0.2) is 4.79 Å². The molecule has 6 heteroatoms.